The molecule has 0 radical (unpaired) electrons. The van der Waals surface area contributed by atoms with Crippen molar-refractivity contribution in [1.29, 1.82) is 0 Å². The van der Waals surface area contributed by atoms with Gasteiger partial charge >= 0.3 is 0 Å². The van der Waals surface area contributed by atoms with E-state index in [1.54, 1.807) is 0 Å². The molecule has 164 valence electrons. The van der Waals surface area contributed by atoms with Crippen LogP contribution in [-0.4, -0.2) is 46.4 Å². The molecule has 0 spiro atoms. The Labute approximate surface area is 195 Å². The van der Waals surface area contributed by atoms with Crippen LogP contribution in [0, 0.1) is 0 Å². The van der Waals surface area contributed by atoms with Crippen molar-refractivity contribution in [3.05, 3.63) is 66.7 Å². The number of ether oxygens (including phenoxy) is 1. The second kappa shape index (κ2) is 8.31. The summed E-state index contributed by atoms with van der Waals surface area (Å²) in [5.74, 6) is 0. The molecule has 7 nitrogen and oxygen atoms in total. The molecule has 1 aliphatic rings. The molecule has 3 heterocycles. The number of para-hydroxylation sites is 2. The lowest BCUT2D eigenvalue weighted by Gasteiger charge is -2.29. The van der Waals surface area contributed by atoms with E-state index in [4.69, 9.17) is 26.9 Å². The average Bonchev–Trinajstić information content (AvgIpc) is 3.20. The molecule has 0 amide bonds. The van der Waals surface area contributed by atoms with Crippen LogP contribution in [0.5, 0.6) is 0 Å². The fraction of sp³-hybridized carbons (Fsp3) is 0.160. The van der Waals surface area contributed by atoms with Crippen LogP contribution in [0.15, 0.2) is 66.7 Å². The predicted molar refractivity (Wildman–Crippen MR) is 138 cm³/mol. The SMILES string of the molecule is S=C(Nc1ccc(N2CCOCC2)cc1)Nc1ccc2[nH]c3nc4ccccc4nc3c2c1. The highest BCUT2D eigenvalue weighted by atomic mass is 32.1. The number of thiocarbonyl (C=S) groups is 1. The van der Waals surface area contributed by atoms with Crippen LogP contribution < -0.4 is 15.5 Å². The van der Waals surface area contributed by atoms with Gasteiger partial charge in [-0.05, 0) is 66.8 Å². The summed E-state index contributed by atoms with van der Waals surface area (Å²) in [6.07, 6.45) is 0. The van der Waals surface area contributed by atoms with E-state index in [2.05, 4.69) is 32.7 Å². The number of morpholine rings is 1. The Morgan fingerprint density at radius 3 is 2.36 bits per heavy atom. The summed E-state index contributed by atoms with van der Waals surface area (Å²) in [6.45, 7) is 3.39. The lowest BCUT2D eigenvalue weighted by Crippen LogP contribution is -2.36. The molecule has 5 aromatic rings. The maximum atomic E-state index is 5.55. The van der Waals surface area contributed by atoms with Gasteiger partial charge in [-0.25, -0.2) is 9.97 Å². The zero-order valence-corrected chi connectivity index (χ0v) is 18.7. The predicted octanol–water partition coefficient (Wildman–Crippen LogP) is 4.91. The smallest absolute Gasteiger partial charge is 0.175 e. The van der Waals surface area contributed by atoms with Gasteiger partial charge in [-0.15, -0.1) is 0 Å². The molecule has 6 rings (SSSR count). The van der Waals surface area contributed by atoms with E-state index >= 15 is 0 Å². The van der Waals surface area contributed by atoms with Crippen molar-refractivity contribution in [3.8, 4) is 0 Å². The standard InChI is InChI=1S/C25H22N6OS/c33-25(26-16-5-8-18(9-6-16)31-11-13-32-14-12-31)27-17-7-10-20-19(15-17)23-24(29-20)30-22-4-2-1-3-21(22)28-23/h1-10,15H,11-14H2,(H,29,30)(H2,26,27,33). The first-order chi connectivity index (χ1) is 16.2. The van der Waals surface area contributed by atoms with Crippen LogP contribution >= 0.6 is 12.2 Å². The molecule has 8 heteroatoms. The normalized spacial score (nSPS) is 14.1. The number of hydrogen-bond acceptors (Lipinski definition) is 5. The highest BCUT2D eigenvalue weighted by Gasteiger charge is 2.12. The zero-order valence-electron chi connectivity index (χ0n) is 17.8. The maximum absolute atomic E-state index is 5.55. The van der Waals surface area contributed by atoms with E-state index in [1.807, 2.05) is 54.6 Å². The van der Waals surface area contributed by atoms with Crippen molar-refractivity contribution >= 4 is 67.5 Å². The minimum atomic E-state index is 0.532. The molecule has 0 atom stereocenters. The quantitative estimate of drug-likeness (QED) is 0.334. The van der Waals surface area contributed by atoms with Crippen molar-refractivity contribution in [3.63, 3.8) is 0 Å². The maximum Gasteiger partial charge on any atom is 0.175 e. The average molecular weight is 455 g/mol. The second-order valence-electron chi connectivity index (χ2n) is 8.02. The van der Waals surface area contributed by atoms with Crippen LogP contribution in [0.25, 0.3) is 33.1 Å². The lowest BCUT2D eigenvalue weighted by molar-refractivity contribution is 0.122. The number of H-pyrrole nitrogens is 1. The van der Waals surface area contributed by atoms with E-state index in [0.29, 0.717) is 5.11 Å². The summed E-state index contributed by atoms with van der Waals surface area (Å²) in [7, 11) is 0. The topological polar surface area (TPSA) is 78.1 Å². The molecule has 0 saturated carbocycles. The van der Waals surface area contributed by atoms with Gasteiger partial charge in [0.15, 0.2) is 10.8 Å². The molecule has 1 fully saturated rings. The van der Waals surface area contributed by atoms with Gasteiger partial charge in [-0.1, -0.05) is 12.1 Å². The Morgan fingerprint density at radius 2 is 1.58 bits per heavy atom. The molecule has 0 unspecified atom stereocenters. The number of benzene rings is 3. The number of hydrogen-bond donors (Lipinski definition) is 3. The van der Waals surface area contributed by atoms with E-state index in [9.17, 15) is 0 Å². The third-order valence-electron chi connectivity index (χ3n) is 5.86. The number of fused-ring (bicyclic) bond motifs is 4. The van der Waals surface area contributed by atoms with E-state index in [0.717, 1.165) is 70.8 Å². The fourth-order valence-corrected chi connectivity index (χ4v) is 4.44. The van der Waals surface area contributed by atoms with Gasteiger partial charge < -0.3 is 25.3 Å². The largest absolute Gasteiger partial charge is 0.378 e. The molecule has 3 N–H and O–H groups in total. The summed E-state index contributed by atoms with van der Waals surface area (Å²) < 4.78 is 5.43. The number of nitrogens with one attached hydrogen (secondary N) is 3. The molecule has 1 aliphatic heterocycles. The summed E-state index contributed by atoms with van der Waals surface area (Å²) >= 11 is 5.55. The second-order valence-corrected chi connectivity index (χ2v) is 8.43. The molecule has 3 aromatic carbocycles. The third-order valence-corrected chi connectivity index (χ3v) is 6.06. The van der Waals surface area contributed by atoms with Crippen LogP contribution in [-0.2, 0) is 4.74 Å². The van der Waals surface area contributed by atoms with Crippen molar-refractivity contribution in [2.75, 3.05) is 41.8 Å². The van der Waals surface area contributed by atoms with Gasteiger partial charge in [0.25, 0.3) is 0 Å². The zero-order chi connectivity index (χ0) is 22.2. The summed E-state index contributed by atoms with van der Waals surface area (Å²) in [4.78, 5) is 15.2. The molecule has 0 bridgehead atoms. The van der Waals surface area contributed by atoms with Crippen LogP contribution in [0.2, 0.25) is 0 Å². The number of anilines is 3. The summed E-state index contributed by atoms with van der Waals surface area (Å²) in [6, 6.07) is 22.3. The Kier molecular flexibility index (Phi) is 5.01. The molecule has 33 heavy (non-hydrogen) atoms. The fourth-order valence-electron chi connectivity index (χ4n) is 4.20. The van der Waals surface area contributed by atoms with Crippen LogP contribution in [0.4, 0.5) is 17.1 Å². The van der Waals surface area contributed by atoms with Gasteiger partial charge in [0.2, 0.25) is 0 Å². The number of aromatic amines is 1. The first-order valence-corrected chi connectivity index (χ1v) is 11.3. The first kappa shape index (κ1) is 19.9. The molecule has 2 aromatic heterocycles. The number of rotatable bonds is 3. The monoisotopic (exact) mass is 454 g/mol. The molecule has 1 saturated heterocycles. The van der Waals surface area contributed by atoms with E-state index in [-0.39, 0.29) is 0 Å². The minimum Gasteiger partial charge on any atom is -0.378 e. The van der Waals surface area contributed by atoms with Gasteiger partial charge in [0, 0.05) is 41.1 Å². The Hall–Kier alpha value is -3.75. The van der Waals surface area contributed by atoms with Crippen molar-refractivity contribution in [1.82, 2.24) is 15.0 Å². The minimum absolute atomic E-state index is 0.532. The summed E-state index contributed by atoms with van der Waals surface area (Å²) in [5.41, 5.74) is 7.40. The number of aromatic nitrogens is 3. The van der Waals surface area contributed by atoms with Gasteiger partial charge in [0.05, 0.1) is 24.2 Å². The third kappa shape index (κ3) is 3.94. The highest BCUT2D eigenvalue weighted by molar-refractivity contribution is 7.80. The van der Waals surface area contributed by atoms with E-state index < -0.39 is 0 Å². The number of nitrogens with zero attached hydrogens (tertiary/aromatic N) is 3. The van der Waals surface area contributed by atoms with Gasteiger partial charge in [0.1, 0.15) is 5.52 Å². The summed E-state index contributed by atoms with van der Waals surface area (Å²) in [5, 5.41) is 8.09. The van der Waals surface area contributed by atoms with Crippen molar-refractivity contribution in [2.24, 2.45) is 0 Å². The van der Waals surface area contributed by atoms with Crippen LogP contribution in [0.3, 0.4) is 0 Å². The highest BCUT2D eigenvalue weighted by Crippen LogP contribution is 2.27. The Bertz CT molecular complexity index is 1470. The molecule has 0 aliphatic carbocycles. The Balaban J connectivity index is 1.20. The van der Waals surface area contributed by atoms with Gasteiger partial charge in [-0.3, -0.25) is 0 Å². The van der Waals surface area contributed by atoms with Crippen molar-refractivity contribution < 1.29 is 4.74 Å². The first-order valence-electron chi connectivity index (χ1n) is 10.9. The van der Waals surface area contributed by atoms with Crippen LogP contribution in [0.1, 0.15) is 0 Å². The molecular formula is C25H22N6OS. The Morgan fingerprint density at radius 1 is 0.879 bits per heavy atom. The molecular weight excluding hydrogens is 432 g/mol. The lowest BCUT2D eigenvalue weighted by atomic mass is 10.2. The van der Waals surface area contributed by atoms with Crippen molar-refractivity contribution in [2.45, 2.75) is 0 Å². The van der Waals surface area contributed by atoms with Gasteiger partial charge in [-0.2, -0.15) is 0 Å². The van der Waals surface area contributed by atoms with E-state index in [1.165, 1.54) is 5.69 Å².